The molecule has 4 heterocycles. The Kier molecular flexibility index (Phi) is 3.82. The molecule has 5 rings (SSSR count). The van der Waals surface area contributed by atoms with Gasteiger partial charge in [-0.15, -0.1) is 10.2 Å². The van der Waals surface area contributed by atoms with Gasteiger partial charge in [-0.05, 0) is 54.5 Å². The minimum atomic E-state index is -0.995. The molecule has 0 saturated carbocycles. The molecule has 0 spiro atoms. The summed E-state index contributed by atoms with van der Waals surface area (Å²) in [6.45, 7) is 0. The Balaban J connectivity index is 1.45. The number of phenols is 1. The maximum atomic E-state index is 14.5. The van der Waals surface area contributed by atoms with Crippen LogP contribution in [0, 0.1) is 0 Å². The Bertz CT molecular complexity index is 1040. The van der Waals surface area contributed by atoms with E-state index in [1.807, 2.05) is 12.1 Å². The first-order valence-corrected chi connectivity index (χ1v) is 9.05. The number of nitrogens with one attached hydrogen (secondary N) is 1. The minimum absolute atomic E-state index is 0.0914. The van der Waals surface area contributed by atoms with Gasteiger partial charge in [0, 0.05) is 35.4 Å². The third-order valence-corrected chi connectivity index (χ3v) is 5.39. The molecule has 7 heteroatoms. The molecule has 2 fully saturated rings. The van der Waals surface area contributed by atoms with Gasteiger partial charge >= 0.3 is 0 Å². The number of phenolic OH excluding ortho intramolecular Hbond substituents is 1. The first kappa shape index (κ1) is 16.3. The number of hydrogen-bond acceptors (Lipinski definition) is 6. The van der Waals surface area contributed by atoms with Crippen LogP contribution in [0.3, 0.4) is 0 Å². The van der Waals surface area contributed by atoms with Gasteiger partial charge in [0.15, 0.2) is 5.82 Å². The van der Waals surface area contributed by atoms with Gasteiger partial charge in [-0.1, -0.05) is 0 Å². The summed E-state index contributed by atoms with van der Waals surface area (Å²) in [7, 11) is 0. The first-order valence-electron chi connectivity index (χ1n) is 9.05. The van der Waals surface area contributed by atoms with E-state index in [4.69, 9.17) is 0 Å². The van der Waals surface area contributed by atoms with Crippen molar-refractivity contribution < 1.29 is 9.50 Å². The molecule has 0 aliphatic carbocycles. The lowest BCUT2D eigenvalue weighted by Crippen LogP contribution is -2.42. The second-order valence-corrected chi connectivity index (χ2v) is 7.17. The standard InChI is InChI=1S/C20H18FN5O/c21-20-12(5-14-1-2-16(20)24-14)8-19-23-10-17(25-26-19)15-6-11-3-4-22-9-13(11)7-18(15)27/h3-4,6-10,14,16,20,24,27H,1-2,5H2/b12-8-/t14?,16?,20-/m0/s1. The van der Waals surface area contributed by atoms with E-state index in [0.29, 0.717) is 29.5 Å². The molecule has 0 amide bonds. The van der Waals surface area contributed by atoms with Crippen molar-refractivity contribution in [2.45, 2.75) is 37.5 Å². The van der Waals surface area contributed by atoms with Gasteiger partial charge in [0.2, 0.25) is 0 Å². The third-order valence-electron chi connectivity index (χ3n) is 5.39. The Labute approximate surface area is 155 Å². The molecule has 3 atom stereocenters. The van der Waals surface area contributed by atoms with Crippen molar-refractivity contribution in [3.8, 4) is 17.0 Å². The molecular formula is C20H18FN5O. The van der Waals surface area contributed by atoms with E-state index in [1.165, 1.54) is 0 Å². The molecule has 6 nitrogen and oxygen atoms in total. The van der Waals surface area contributed by atoms with E-state index in [9.17, 15) is 9.50 Å². The molecule has 2 bridgehead atoms. The van der Waals surface area contributed by atoms with Crippen LogP contribution in [0.4, 0.5) is 4.39 Å². The van der Waals surface area contributed by atoms with Crippen molar-refractivity contribution in [1.82, 2.24) is 25.5 Å². The first-order chi connectivity index (χ1) is 13.2. The molecule has 3 aromatic rings. The van der Waals surface area contributed by atoms with E-state index >= 15 is 0 Å². The highest BCUT2D eigenvalue weighted by Crippen LogP contribution is 2.34. The van der Waals surface area contributed by atoms with Crippen molar-refractivity contribution in [1.29, 1.82) is 0 Å². The number of aromatic nitrogens is 4. The molecule has 2 aliphatic heterocycles. The summed E-state index contributed by atoms with van der Waals surface area (Å²) in [6.07, 6.45) is 8.23. The average molecular weight is 363 g/mol. The van der Waals surface area contributed by atoms with E-state index in [2.05, 4.69) is 25.5 Å². The van der Waals surface area contributed by atoms with E-state index in [1.54, 1.807) is 30.7 Å². The number of fused-ring (bicyclic) bond motifs is 3. The number of benzene rings is 1. The average Bonchev–Trinajstić information content (AvgIpc) is 3.10. The molecule has 1 aromatic carbocycles. The number of hydrogen-bond donors (Lipinski definition) is 2. The smallest absolute Gasteiger partial charge is 0.174 e. The zero-order chi connectivity index (χ0) is 18.4. The molecule has 136 valence electrons. The summed E-state index contributed by atoms with van der Waals surface area (Å²) in [6, 6.07) is 5.60. The van der Waals surface area contributed by atoms with Gasteiger partial charge in [0.25, 0.3) is 0 Å². The van der Waals surface area contributed by atoms with Crippen LogP contribution in [0.5, 0.6) is 5.75 Å². The summed E-state index contributed by atoms with van der Waals surface area (Å²) < 4.78 is 14.5. The number of pyridine rings is 1. The lowest BCUT2D eigenvalue weighted by Gasteiger charge is -2.27. The van der Waals surface area contributed by atoms with E-state index < -0.39 is 6.17 Å². The Hall–Kier alpha value is -2.93. The maximum Gasteiger partial charge on any atom is 0.174 e. The summed E-state index contributed by atoms with van der Waals surface area (Å²) in [5, 5.41) is 23.7. The predicted octanol–water partition coefficient (Wildman–Crippen LogP) is 3.04. The number of piperidine rings is 1. The molecule has 2 N–H and O–H groups in total. The van der Waals surface area contributed by atoms with E-state index in [0.717, 1.165) is 29.2 Å². The van der Waals surface area contributed by atoms with Crippen molar-refractivity contribution in [3.05, 3.63) is 48.2 Å². The molecule has 0 radical (unpaired) electrons. The SMILES string of the molecule is Oc1cc2cnccc2cc1-c1cnc(/C=C2/CC3CCC(N3)[C@H]2F)nn1. The van der Waals surface area contributed by atoms with Crippen LogP contribution in [0.15, 0.2) is 42.4 Å². The molecule has 2 unspecified atom stereocenters. The second kappa shape index (κ2) is 6.35. The zero-order valence-corrected chi connectivity index (χ0v) is 14.5. The fourth-order valence-electron chi connectivity index (χ4n) is 4.00. The molecule has 2 aromatic heterocycles. The van der Waals surface area contributed by atoms with Gasteiger partial charge in [-0.3, -0.25) is 4.98 Å². The second-order valence-electron chi connectivity index (χ2n) is 7.17. The van der Waals surface area contributed by atoms with Gasteiger partial charge < -0.3 is 10.4 Å². The third kappa shape index (κ3) is 2.94. The normalized spacial score (nSPS) is 26.0. The topological polar surface area (TPSA) is 83.8 Å². The zero-order valence-electron chi connectivity index (χ0n) is 14.5. The van der Waals surface area contributed by atoms with Crippen molar-refractivity contribution in [2.75, 3.05) is 0 Å². The Morgan fingerprint density at radius 3 is 2.93 bits per heavy atom. The Morgan fingerprint density at radius 1 is 1.15 bits per heavy atom. The highest BCUT2D eigenvalue weighted by atomic mass is 19.1. The molecule has 2 aliphatic rings. The van der Waals surface area contributed by atoms with Crippen LogP contribution in [0.1, 0.15) is 25.1 Å². The van der Waals surface area contributed by atoms with Crippen LogP contribution in [0.25, 0.3) is 28.1 Å². The fraction of sp³-hybridized carbons (Fsp3) is 0.300. The number of halogens is 1. The molecular weight excluding hydrogens is 345 g/mol. The van der Waals surface area contributed by atoms with Crippen molar-refractivity contribution >= 4 is 16.8 Å². The van der Waals surface area contributed by atoms with Gasteiger partial charge in [-0.2, -0.15) is 0 Å². The number of rotatable bonds is 2. The summed E-state index contributed by atoms with van der Waals surface area (Å²) in [5.74, 6) is 0.485. The monoisotopic (exact) mass is 363 g/mol. The van der Waals surface area contributed by atoms with Crippen LogP contribution in [0.2, 0.25) is 0 Å². The van der Waals surface area contributed by atoms with Gasteiger partial charge in [0.1, 0.15) is 17.6 Å². The van der Waals surface area contributed by atoms with Crippen molar-refractivity contribution in [3.63, 3.8) is 0 Å². The fourth-order valence-corrected chi connectivity index (χ4v) is 4.00. The lowest BCUT2D eigenvalue weighted by atomic mass is 9.96. The highest BCUT2D eigenvalue weighted by Gasteiger charge is 2.38. The van der Waals surface area contributed by atoms with Crippen molar-refractivity contribution in [2.24, 2.45) is 0 Å². The van der Waals surface area contributed by atoms with Gasteiger partial charge in [-0.25, -0.2) is 9.37 Å². The summed E-state index contributed by atoms with van der Waals surface area (Å²) in [5.41, 5.74) is 1.75. The van der Waals surface area contributed by atoms with Crippen LogP contribution >= 0.6 is 0 Å². The Morgan fingerprint density at radius 2 is 2.07 bits per heavy atom. The minimum Gasteiger partial charge on any atom is -0.507 e. The molecule has 27 heavy (non-hydrogen) atoms. The summed E-state index contributed by atoms with van der Waals surface area (Å²) in [4.78, 5) is 8.37. The number of alkyl halides is 1. The largest absolute Gasteiger partial charge is 0.507 e. The lowest BCUT2D eigenvalue weighted by molar-refractivity contribution is 0.270. The van der Waals surface area contributed by atoms with E-state index in [-0.39, 0.29) is 11.8 Å². The maximum absolute atomic E-state index is 14.5. The molecule has 2 saturated heterocycles. The quantitative estimate of drug-likeness (QED) is 0.728. The number of nitrogens with zero attached hydrogens (tertiary/aromatic N) is 4. The van der Waals surface area contributed by atoms with Crippen LogP contribution < -0.4 is 5.32 Å². The van der Waals surface area contributed by atoms with Crippen LogP contribution in [-0.4, -0.2) is 43.5 Å². The highest BCUT2D eigenvalue weighted by molar-refractivity contribution is 5.89. The predicted molar refractivity (Wildman–Crippen MR) is 99.7 cm³/mol. The summed E-state index contributed by atoms with van der Waals surface area (Å²) >= 11 is 0. The number of aromatic hydroxyl groups is 1. The van der Waals surface area contributed by atoms with Crippen LogP contribution in [-0.2, 0) is 0 Å². The van der Waals surface area contributed by atoms with Gasteiger partial charge in [0.05, 0.1) is 6.20 Å².